The zero-order chi connectivity index (χ0) is 11.1. The first-order chi connectivity index (χ1) is 7.24. The first kappa shape index (κ1) is 12.5. The van der Waals surface area contributed by atoms with Gasteiger partial charge in [0.2, 0.25) is 0 Å². The maximum absolute atomic E-state index is 6.11. The highest BCUT2D eigenvalue weighted by Crippen LogP contribution is 2.18. The van der Waals surface area contributed by atoms with Crippen molar-refractivity contribution >= 4 is 11.6 Å². The first-order valence-electron chi connectivity index (χ1n) is 5.68. The highest BCUT2D eigenvalue weighted by Gasteiger charge is 2.05. The Labute approximate surface area is 97.8 Å². The zero-order valence-electron chi connectivity index (χ0n) is 9.59. The van der Waals surface area contributed by atoms with Gasteiger partial charge in [-0.05, 0) is 43.5 Å². The van der Waals surface area contributed by atoms with Gasteiger partial charge in [-0.3, -0.25) is 0 Å². The summed E-state index contributed by atoms with van der Waals surface area (Å²) < 4.78 is 0. The second-order valence-electron chi connectivity index (χ2n) is 4.10. The van der Waals surface area contributed by atoms with Crippen LogP contribution in [0.1, 0.15) is 25.8 Å². The van der Waals surface area contributed by atoms with E-state index in [2.05, 4.69) is 25.2 Å². The van der Waals surface area contributed by atoms with E-state index in [1.807, 2.05) is 18.2 Å². The van der Waals surface area contributed by atoms with Gasteiger partial charge in [0.15, 0.2) is 0 Å². The second-order valence-corrected chi connectivity index (χ2v) is 4.51. The topological polar surface area (TPSA) is 12.0 Å². The molecule has 2 heteroatoms. The van der Waals surface area contributed by atoms with Crippen molar-refractivity contribution in [1.29, 1.82) is 0 Å². The van der Waals surface area contributed by atoms with Crippen molar-refractivity contribution in [3.8, 4) is 0 Å². The van der Waals surface area contributed by atoms with Crippen LogP contribution in [0.5, 0.6) is 0 Å². The fourth-order valence-electron chi connectivity index (χ4n) is 1.64. The van der Waals surface area contributed by atoms with Gasteiger partial charge in [0.25, 0.3) is 0 Å². The van der Waals surface area contributed by atoms with E-state index in [1.165, 1.54) is 12.0 Å². The van der Waals surface area contributed by atoms with Crippen molar-refractivity contribution in [2.75, 3.05) is 13.1 Å². The molecule has 0 aromatic heterocycles. The Kier molecular flexibility index (Phi) is 5.74. The molecule has 0 saturated heterocycles. The summed E-state index contributed by atoms with van der Waals surface area (Å²) >= 11 is 6.11. The Bertz CT molecular complexity index is 286. The number of hydrogen-bond donors (Lipinski definition) is 1. The van der Waals surface area contributed by atoms with Crippen LogP contribution in [0.25, 0.3) is 0 Å². The van der Waals surface area contributed by atoms with Crippen LogP contribution < -0.4 is 5.32 Å². The average molecular weight is 226 g/mol. The zero-order valence-corrected chi connectivity index (χ0v) is 10.3. The number of rotatable bonds is 6. The maximum Gasteiger partial charge on any atom is 0.0438 e. The predicted molar refractivity (Wildman–Crippen MR) is 67.5 cm³/mol. The lowest BCUT2D eigenvalue weighted by Crippen LogP contribution is -2.23. The minimum absolute atomic E-state index is 0.636. The van der Waals surface area contributed by atoms with Crippen LogP contribution in [-0.4, -0.2) is 13.1 Å². The van der Waals surface area contributed by atoms with E-state index < -0.39 is 0 Å². The van der Waals surface area contributed by atoms with Gasteiger partial charge in [-0.1, -0.05) is 43.6 Å². The third kappa shape index (κ3) is 4.67. The lowest BCUT2D eigenvalue weighted by Gasteiger charge is -2.13. The SMILES string of the molecule is CCCNCC(C)Cc1ccccc1Cl. The van der Waals surface area contributed by atoms with Gasteiger partial charge in [0, 0.05) is 5.02 Å². The van der Waals surface area contributed by atoms with Crippen LogP contribution in [0.4, 0.5) is 0 Å². The quantitative estimate of drug-likeness (QED) is 0.731. The van der Waals surface area contributed by atoms with Gasteiger partial charge in [-0.2, -0.15) is 0 Å². The third-order valence-corrected chi connectivity index (χ3v) is 2.81. The largest absolute Gasteiger partial charge is 0.316 e. The molecule has 1 N–H and O–H groups in total. The molecule has 84 valence electrons. The van der Waals surface area contributed by atoms with E-state index in [-0.39, 0.29) is 0 Å². The molecule has 0 aliphatic rings. The first-order valence-corrected chi connectivity index (χ1v) is 6.06. The molecule has 0 radical (unpaired) electrons. The standard InChI is InChI=1S/C13H20ClN/c1-3-8-15-10-11(2)9-12-6-4-5-7-13(12)14/h4-7,11,15H,3,8-10H2,1-2H3. The van der Waals surface area contributed by atoms with Crippen molar-refractivity contribution in [2.45, 2.75) is 26.7 Å². The molecule has 1 rings (SSSR count). The molecule has 0 bridgehead atoms. The molecule has 0 fully saturated rings. The Morgan fingerprint density at radius 3 is 2.73 bits per heavy atom. The molecular formula is C13H20ClN. The molecule has 0 aliphatic carbocycles. The van der Waals surface area contributed by atoms with E-state index in [0.29, 0.717) is 5.92 Å². The Balaban J connectivity index is 2.37. The molecule has 1 unspecified atom stereocenters. The lowest BCUT2D eigenvalue weighted by atomic mass is 10.0. The highest BCUT2D eigenvalue weighted by atomic mass is 35.5. The number of hydrogen-bond acceptors (Lipinski definition) is 1. The Hall–Kier alpha value is -0.530. The normalized spacial score (nSPS) is 12.7. The minimum Gasteiger partial charge on any atom is -0.316 e. The lowest BCUT2D eigenvalue weighted by molar-refractivity contribution is 0.511. The summed E-state index contributed by atoms with van der Waals surface area (Å²) in [6.07, 6.45) is 2.25. The van der Waals surface area contributed by atoms with Gasteiger partial charge in [-0.25, -0.2) is 0 Å². The summed E-state index contributed by atoms with van der Waals surface area (Å²) in [6.45, 7) is 6.61. The molecular weight excluding hydrogens is 206 g/mol. The Morgan fingerprint density at radius 2 is 2.07 bits per heavy atom. The van der Waals surface area contributed by atoms with Gasteiger partial charge in [0.05, 0.1) is 0 Å². The molecule has 1 aromatic carbocycles. The van der Waals surface area contributed by atoms with Gasteiger partial charge in [0.1, 0.15) is 0 Å². The smallest absolute Gasteiger partial charge is 0.0438 e. The summed E-state index contributed by atoms with van der Waals surface area (Å²) in [5.41, 5.74) is 1.25. The summed E-state index contributed by atoms with van der Waals surface area (Å²) in [7, 11) is 0. The Morgan fingerprint density at radius 1 is 1.33 bits per heavy atom. The molecule has 0 aliphatic heterocycles. The monoisotopic (exact) mass is 225 g/mol. The van der Waals surface area contributed by atoms with Crippen molar-refractivity contribution < 1.29 is 0 Å². The van der Waals surface area contributed by atoms with Gasteiger partial charge < -0.3 is 5.32 Å². The summed E-state index contributed by atoms with van der Waals surface area (Å²) in [4.78, 5) is 0. The minimum atomic E-state index is 0.636. The van der Waals surface area contributed by atoms with Crippen LogP contribution in [0.2, 0.25) is 5.02 Å². The molecule has 1 nitrogen and oxygen atoms in total. The molecule has 0 spiro atoms. The third-order valence-electron chi connectivity index (χ3n) is 2.45. The van der Waals surface area contributed by atoms with Crippen molar-refractivity contribution in [2.24, 2.45) is 5.92 Å². The summed E-state index contributed by atoms with van der Waals surface area (Å²) in [6, 6.07) is 8.10. The molecule has 0 saturated carbocycles. The maximum atomic E-state index is 6.11. The molecule has 1 aromatic rings. The number of halogens is 1. The summed E-state index contributed by atoms with van der Waals surface area (Å²) in [5.74, 6) is 0.636. The highest BCUT2D eigenvalue weighted by molar-refractivity contribution is 6.31. The van der Waals surface area contributed by atoms with Crippen LogP contribution in [0.15, 0.2) is 24.3 Å². The molecule has 0 heterocycles. The summed E-state index contributed by atoms with van der Waals surface area (Å²) in [5, 5.41) is 4.32. The van der Waals surface area contributed by atoms with Crippen LogP contribution >= 0.6 is 11.6 Å². The van der Waals surface area contributed by atoms with E-state index in [0.717, 1.165) is 24.5 Å². The van der Waals surface area contributed by atoms with E-state index in [9.17, 15) is 0 Å². The predicted octanol–water partition coefficient (Wildman–Crippen LogP) is 3.52. The van der Waals surface area contributed by atoms with Gasteiger partial charge >= 0.3 is 0 Å². The van der Waals surface area contributed by atoms with Crippen molar-refractivity contribution in [3.63, 3.8) is 0 Å². The fourth-order valence-corrected chi connectivity index (χ4v) is 1.85. The molecule has 1 atom stereocenters. The number of nitrogens with one attached hydrogen (secondary N) is 1. The van der Waals surface area contributed by atoms with Crippen LogP contribution in [-0.2, 0) is 6.42 Å². The van der Waals surface area contributed by atoms with Crippen LogP contribution in [0, 0.1) is 5.92 Å². The van der Waals surface area contributed by atoms with Crippen LogP contribution in [0.3, 0.4) is 0 Å². The van der Waals surface area contributed by atoms with Crippen molar-refractivity contribution in [3.05, 3.63) is 34.9 Å². The average Bonchev–Trinajstić information content (AvgIpc) is 2.22. The fraction of sp³-hybridized carbons (Fsp3) is 0.538. The molecule has 15 heavy (non-hydrogen) atoms. The number of benzene rings is 1. The van der Waals surface area contributed by atoms with E-state index in [4.69, 9.17) is 11.6 Å². The van der Waals surface area contributed by atoms with Gasteiger partial charge in [-0.15, -0.1) is 0 Å². The second kappa shape index (κ2) is 6.86. The van der Waals surface area contributed by atoms with E-state index >= 15 is 0 Å². The van der Waals surface area contributed by atoms with Crippen molar-refractivity contribution in [1.82, 2.24) is 5.32 Å². The molecule has 0 amide bonds. The van der Waals surface area contributed by atoms with E-state index in [1.54, 1.807) is 0 Å².